The van der Waals surface area contributed by atoms with Crippen LogP contribution in [-0.4, -0.2) is 21.4 Å². The molecule has 0 aliphatic carbocycles. The van der Waals surface area contributed by atoms with Crippen molar-refractivity contribution in [1.29, 1.82) is 0 Å². The summed E-state index contributed by atoms with van der Waals surface area (Å²) in [6, 6.07) is 0. The van der Waals surface area contributed by atoms with Crippen LogP contribution in [0.1, 0.15) is 11.4 Å². The molecule has 0 atom stereocenters. The third-order valence-electron chi connectivity index (χ3n) is 1.47. The summed E-state index contributed by atoms with van der Waals surface area (Å²) in [4.78, 5) is 16.4. The van der Waals surface area contributed by atoms with E-state index >= 15 is 0 Å². The van der Waals surface area contributed by atoms with E-state index in [1.165, 1.54) is 0 Å². The number of H-pyrrole nitrogens is 1. The van der Waals surface area contributed by atoms with Crippen LogP contribution in [0.15, 0.2) is 6.33 Å². The lowest BCUT2D eigenvalue weighted by molar-refractivity contribution is -0.479. The van der Waals surface area contributed by atoms with Crippen molar-refractivity contribution >= 4 is 0 Å². The zero-order valence-electron chi connectivity index (χ0n) is 6.20. The minimum Gasteiger partial charge on any atom is -0.348 e. The largest absolute Gasteiger partial charge is 0.348 e. The fourth-order valence-corrected chi connectivity index (χ4v) is 0.836. The second kappa shape index (κ2) is 3.14. The minimum absolute atomic E-state index is 0.0499. The number of nitro groups is 1. The topological polar surface area (TPSA) is 71.8 Å². The third kappa shape index (κ3) is 2.03. The SMILES string of the molecule is Cc1[nH]cnc1CC[N+](=O)[O-]. The maximum atomic E-state index is 9.97. The van der Waals surface area contributed by atoms with Gasteiger partial charge in [-0.3, -0.25) is 10.1 Å². The van der Waals surface area contributed by atoms with Crippen LogP contribution in [0.4, 0.5) is 0 Å². The molecule has 0 aliphatic heterocycles. The first-order chi connectivity index (χ1) is 5.20. The monoisotopic (exact) mass is 155 g/mol. The minimum atomic E-state index is -0.339. The predicted molar refractivity (Wildman–Crippen MR) is 38.9 cm³/mol. The van der Waals surface area contributed by atoms with Gasteiger partial charge in [0.1, 0.15) is 0 Å². The summed E-state index contributed by atoms with van der Waals surface area (Å²) in [5, 5.41) is 9.97. The second-order valence-corrected chi connectivity index (χ2v) is 2.28. The molecule has 0 aliphatic rings. The van der Waals surface area contributed by atoms with Gasteiger partial charge in [-0.25, -0.2) is 4.98 Å². The first kappa shape index (κ1) is 7.71. The number of aromatic amines is 1. The van der Waals surface area contributed by atoms with Gasteiger partial charge in [0.15, 0.2) is 0 Å². The summed E-state index contributed by atoms with van der Waals surface area (Å²) in [6.45, 7) is 1.80. The number of hydrogen-bond donors (Lipinski definition) is 1. The van der Waals surface area contributed by atoms with Gasteiger partial charge < -0.3 is 4.98 Å². The molecule has 1 heterocycles. The first-order valence-electron chi connectivity index (χ1n) is 3.31. The molecule has 5 heteroatoms. The molecule has 1 N–H and O–H groups in total. The van der Waals surface area contributed by atoms with Gasteiger partial charge in [-0.05, 0) is 6.92 Å². The lowest BCUT2D eigenvalue weighted by atomic mass is 10.3. The highest BCUT2D eigenvalue weighted by atomic mass is 16.6. The molecular formula is C6H9N3O2. The maximum Gasteiger partial charge on any atom is 0.209 e. The molecule has 0 bridgehead atoms. The van der Waals surface area contributed by atoms with Crippen LogP contribution in [0, 0.1) is 17.0 Å². The summed E-state index contributed by atoms with van der Waals surface area (Å²) in [7, 11) is 0. The highest BCUT2D eigenvalue weighted by molar-refractivity contribution is 5.08. The van der Waals surface area contributed by atoms with E-state index in [2.05, 4.69) is 9.97 Å². The molecule has 0 radical (unpaired) electrons. The van der Waals surface area contributed by atoms with E-state index in [1.807, 2.05) is 6.92 Å². The molecule has 11 heavy (non-hydrogen) atoms. The Morgan fingerprint density at radius 1 is 1.82 bits per heavy atom. The van der Waals surface area contributed by atoms with E-state index in [9.17, 15) is 10.1 Å². The summed E-state index contributed by atoms with van der Waals surface area (Å²) in [5.74, 6) is 0. The fraction of sp³-hybridized carbons (Fsp3) is 0.500. The fourth-order valence-electron chi connectivity index (χ4n) is 0.836. The summed E-state index contributed by atoms with van der Waals surface area (Å²) in [6.07, 6.45) is 1.95. The van der Waals surface area contributed by atoms with Gasteiger partial charge in [0.25, 0.3) is 0 Å². The summed E-state index contributed by atoms with van der Waals surface area (Å²) >= 11 is 0. The Labute approximate surface area is 63.6 Å². The van der Waals surface area contributed by atoms with Crippen molar-refractivity contribution in [3.8, 4) is 0 Å². The number of aromatic nitrogens is 2. The molecule has 0 aromatic carbocycles. The molecular weight excluding hydrogens is 146 g/mol. The smallest absolute Gasteiger partial charge is 0.209 e. The van der Waals surface area contributed by atoms with Crippen LogP contribution in [0.3, 0.4) is 0 Å². The van der Waals surface area contributed by atoms with Crippen molar-refractivity contribution in [2.75, 3.05) is 6.54 Å². The molecule has 0 saturated carbocycles. The van der Waals surface area contributed by atoms with Gasteiger partial charge in [0.05, 0.1) is 18.4 Å². The van der Waals surface area contributed by atoms with Crippen molar-refractivity contribution in [3.05, 3.63) is 27.8 Å². The Hall–Kier alpha value is -1.39. The number of rotatable bonds is 3. The normalized spacial score (nSPS) is 9.91. The molecule has 5 nitrogen and oxygen atoms in total. The van der Waals surface area contributed by atoms with E-state index in [1.54, 1.807) is 6.33 Å². The van der Waals surface area contributed by atoms with Crippen LogP contribution in [0.2, 0.25) is 0 Å². The maximum absolute atomic E-state index is 9.97. The molecule has 1 aromatic rings. The van der Waals surface area contributed by atoms with Crippen LogP contribution in [0.25, 0.3) is 0 Å². The van der Waals surface area contributed by atoms with Crippen molar-refractivity contribution in [1.82, 2.24) is 9.97 Å². The molecule has 0 saturated heterocycles. The quantitative estimate of drug-likeness (QED) is 0.511. The van der Waals surface area contributed by atoms with E-state index in [0.717, 1.165) is 11.4 Å². The van der Waals surface area contributed by atoms with Gasteiger partial charge in [-0.1, -0.05) is 0 Å². The zero-order valence-corrected chi connectivity index (χ0v) is 6.20. The molecule has 1 rings (SSSR count). The Morgan fingerprint density at radius 3 is 3.00 bits per heavy atom. The van der Waals surface area contributed by atoms with Crippen molar-refractivity contribution < 1.29 is 4.92 Å². The van der Waals surface area contributed by atoms with E-state index in [4.69, 9.17) is 0 Å². The van der Waals surface area contributed by atoms with Crippen molar-refractivity contribution in [2.24, 2.45) is 0 Å². The lowest BCUT2D eigenvalue weighted by Crippen LogP contribution is -2.04. The van der Waals surface area contributed by atoms with Gasteiger partial charge in [0.2, 0.25) is 6.54 Å². The lowest BCUT2D eigenvalue weighted by Gasteiger charge is -1.91. The van der Waals surface area contributed by atoms with Crippen molar-refractivity contribution in [3.63, 3.8) is 0 Å². The standard InChI is InChI=1S/C6H9N3O2/c1-5-6(8-4-7-5)2-3-9(10)11/h4H,2-3H2,1H3,(H,7,8). The molecule has 60 valence electrons. The predicted octanol–water partition coefficient (Wildman–Crippen LogP) is 0.537. The van der Waals surface area contributed by atoms with Crippen LogP contribution in [-0.2, 0) is 6.42 Å². The number of imidazole rings is 1. The Bertz CT molecular complexity index is 256. The average molecular weight is 155 g/mol. The summed E-state index contributed by atoms with van der Waals surface area (Å²) < 4.78 is 0. The van der Waals surface area contributed by atoms with E-state index < -0.39 is 0 Å². The third-order valence-corrected chi connectivity index (χ3v) is 1.47. The van der Waals surface area contributed by atoms with Gasteiger partial charge in [-0.2, -0.15) is 0 Å². The van der Waals surface area contributed by atoms with Crippen LogP contribution < -0.4 is 0 Å². The first-order valence-corrected chi connectivity index (χ1v) is 3.31. The zero-order chi connectivity index (χ0) is 8.27. The van der Waals surface area contributed by atoms with Gasteiger partial charge in [-0.15, -0.1) is 0 Å². The van der Waals surface area contributed by atoms with Crippen LogP contribution >= 0.6 is 0 Å². The van der Waals surface area contributed by atoms with Crippen LogP contribution in [0.5, 0.6) is 0 Å². The second-order valence-electron chi connectivity index (χ2n) is 2.28. The van der Waals surface area contributed by atoms with E-state index in [0.29, 0.717) is 6.42 Å². The molecule has 0 spiro atoms. The van der Waals surface area contributed by atoms with Gasteiger partial charge >= 0.3 is 0 Å². The van der Waals surface area contributed by atoms with Crippen molar-refractivity contribution in [2.45, 2.75) is 13.3 Å². The molecule has 0 fully saturated rings. The Morgan fingerprint density at radius 2 is 2.55 bits per heavy atom. The number of nitrogens with one attached hydrogen (secondary N) is 1. The molecule has 0 unspecified atom stereocenters. The molecule has 1 aromatic heterocycles. The molecule has 0 amide bonds. The highest BCUT2D eigenvalue weighted by Crippen LogP contribution is 2.00. The Kier molecular flexibility index (Phi) is 2.20. The number of nitrogens with zero attached hydrogens (tertiary/aromatic N) is 2. The number of aryl methyl sites for hydroxylation is 1. The summed E-state index contributed by atoms with van der Waals surface area (Å²) in [5.41, 5.74) is 1.69. The van der Waals surface area contributed by atoms with Gasteiger partial charge in [0, 0.05) is 10.6 Å². The average Bonchev–Trinajstić information content (AvgIpc) is 2.31. The van der Waals surface area contributed by atoms with E-state index in [-0.39, 0.29) is 11.5 Å². The highest BCUT2D eigenvalue weighted by Gasteiger charge is 2.04. The Balaban J connectivity index is 2.51. The number of hydrogen-bond acceptors (Lipinski definition) is 3.